The molecule has 2 aliphatic rings. The van der Waals surface area contributed by atoms with Crippen molar-refractivity contribution < 1.29 is 14.6 Å². The van der Waals surface area contributed by atoms with E-state index in [1.54, 1.807) is 0 Å². The van der Waals surface area contributed by atoms with Gasteiger partial charge in [-0.25, -0.2) is 0 Å². The van der Waals surface area contributed by atoms with E-state index in [0.29, 0.717) is 19.1 Å². The molecule has 1 unspecified atom stereocenters. The van der Waals surface area contributed by atoms with Gasteiger partial charge in [-0.15, -0.1) is 0 Å². The van der Waals surface area contributed by atoms with Crippen molar-refractivity contribution in [2.45, 2.75) is 6.42 Å². The summed E-state index contributed by atoms with van der Waals surface area (Å²) >= 11 is 0. The first kappa shape index (κ1) is 11.3. The first-order valence-corrected chi connectivity index (χ1v) is 5.69. The normalized spacial score (nSPS) is 29.4. The fraction of sp³-hybridized carbons (Fsp3) is 1.00. The van der Waals surface area contributed by atoms with Crippen molar-refractivity contribution in [2.24, 2.45) is 11.3 Å². The second kappa shape index (κ2) is 4.78. The topological polar surface area (TPSA) is 41.9 Å². The summed E-state index contributed by atoms with van der Waals surface area (Å²) in [6.07, 6.45) is 1.17. The number of hydrogen-bond acceptors (Lipinski definition) is 4. The van der Waals surface area contributed by atoms with Crippen LogP contribution in [0.25, 0.3) is 0 Å². The largest absolute Gasteiger partial charge is 0.396 e. The molecule has 4 nitrogen and oxygen atoms in total. The molecule has 2 aliphatic heterocycles. The number of aliphatic hydroxyl groups is 1. The Labute approximate surface area is 91.2 Å². The Morgan fingerprint density at radius 2 is 2.20 bits per heavy atom. The number of rotatable bonds is 5. The lowest BCUT2D eigenvalue weighted by Gasteiger charge is -2.42. The van der Waals surface area contributed by atoms with Gasteiger partial charge < -0.3 is 19.5 Å². The monoisotopic (exact) mass is 215 g/mol. The van der Waals surface area contributed by atoms with Crippen LogP contribution < -0.4 is 0 Å². The highest BCUT2D eigenvalue weighted by Crippen LogP contribution is 2.28. The van der Waals surface area contributed by atoms with E-state index in [0.717, 1.165) is 26.3 Å². The summed E-state index contributed by atoms with van der Waals surface area (Å²) < 4.78 is 10.5. The molecule has 2 saturated heterocycles. The highest BCUT2D eigenvalue weighted by atomic mass is 16.5. The lowest BCUT2D eigenvalue weighted by atomic mass is 9.86. The van der Waals surface area contributed by atoms with Crippen LogP contribution in [0.2, 0.25) is 0 Å². The van der Waals surface area contributed by atoms with Gasteiger partial charge >= 0.3 is 0 Å². The van der Waals surface area contributed by atoms with E-state index in [9.17, 15) is 5.11 Å². The number of hydrogen-bond donors (Lipinski definition) is 1. The maximum Gasteiger partial charge on any atom is 0.0579 e. The zero-order valence-corrected chi connectivity index (χ0v) is 9.45. The average molecular weight is 215 g/mol. The van der Waals surface area contributed by atoms with Gasteiger partial charge in [-0.1, -0.05) is 0 Å². The molecule has 0 amide bonds. The summed E-state index contributed by atoms with van der Waals surface area (Å²) in [6.45, 7) is 5.45. The Hall–Kier alpha value is -0.160. The Kier molecular flexibility index (Phi) is 3.61. The van der Waals surface area contributed by atoms with Crippen LogP contribution in [0, 0.1) is 11.3 Å². The van der Waals surface area contributed by atoms with Crippen LogP contribution in [-0.4, -0.2) is 63.2 Å². The molecule has 0 bridgehead atoms. The Morgan fingerprint density at radius 1 is 1.40 bits per heavy atom. The van der Waals surface area contributed by atoms with Crippen molar-refractivity contribution in [2.75, 3.05) is 53.2 Å². The molecule has 4 heteroatoms. The molecule has 0 aliphatic carbocycles. The van der Waals surface area contributed by atoms with Crippen molar-refractivity contribution in [3.63, 3.8) is 0 Å². The molecule has 0 aromatic heterocycles. The van der Waals surface area contributed by atoms with Gasteiger partial charge in [0.05, 0.1) is 31.8 Å². The molecular formula is C11H21NO3. The van der Waals surface area contributed by atoms with Crippen LogP contribution in [0.1, 0.15) is 6.42 Å². The van der Waals surface area contributed by atoms with Crippen LogP contribution in [-0.2, 0) is 9.47 Å². The average Bonchev–Trinajstić information content (AvgIpc) is 2.64. The summed E-state index contributed by atoms with van der Waals surface area (Å²) in [5.74, 6) is 0.673. The van der Waals surface area contributed by atoms with Gasteiger partial charge in [0.1, 0.15) is 0 Å². The lowest BCUT2D eigenvalue weighted by Crippen LogP contribution is -2.53. The molecule has 2 rings (SSSR count). The minimum absolute atomic E-state index is 0.00815. The highest BCUT2D eigenvalue weighted by Gasteiger charge is 2.39. The van der Waals surface area contributed by atoms with Crippen molar-refractivity contribution in [1.82, 2.24) is 4.90 Å². The quantitative estimate of drug-likeness (QED) is 0.699. The molecule has 0 radical (unpaired) electrons. The molecule has 1 atom stereocenters. The van der Waals surface area contributed by atoms with Crippen molar-refractivity contribution in [3.05, 3.63) is 0 Å². The lowest BCUT2D eigenvalue weighted by molar-refractivity contribution is -0.147. The van der Waals surface area contributed by atoms with Gasteiger partial charge in [0.2, 0.25) is 0 Å². The second-order valence-corrected chi connectivity index (χ2v) is 5.08. The van der Waals surface area contributed by atoms with E-state index in [1.807, 2.05) is 0 Å². The molecule has 0 saturated carbocycles. The first-order valence-electron chi connectivity index (χ1n) is 5.69. The van der Waals surface area contributed by atoms with Gasteiger partial charge in [0.15, 0.2) is 0 Å². The maximum atomic E-state index is 9.31. The molecule has 0 aromatic rings. The number of aliphatic hydroxyl groups excluding tert-OH is 1. The summed E-state index contributed by atoms with van der Waals surface area (Å²) in [7, 11) is 2.12. The molecule has 88 valence electrons. The van der Waals surface area contributed by atoms with Crippen LogP contribution in [0.5, 0.6) is 0 Å². The minimum atomic E-state index is 0.00815. The third-order valence-corrected chi connectivity index (χ3v) is 3.35. The van der Waals surface area contributed by atoms with E-state index in [2.05, 4.69) is 11.9 Å². The van der Waals surface area contributed by atoms with Gasteiger partial charge in [0, 0.05) is 19.7 Å². The van der Waals surface area contributed by atoms with Gasteiger partial charge in [0.25, 0.3) is 0 Å². The van der Waals surface area contributed by atoms with E-state index in [4.69, 9.17) is 9.47 Å². The zero-order chi connectivity index (χ0) is 10.7. The van der Waals surface area contributed by atoms with Crippen LogP contribution >= 0.6 is 0 Å². The van der Waals surface area contributed by atoms with Crippen LogP contribution in [0.15, 0.2) is 0 Å². The van der Waals surface area contributed by atoms with Gasteiger partial charge in [-0.2, -0.15) is 0 Å². The highest BCUT2D eigenvalue weighted by molar-refractivity contribution is 4.88. The predicted octanol–water partition coefficient (Wildman–Crippen LogP) is -0.0364. The molecule has 15 heavy (non-hydrogen) atoms. The summed E-state index contributed by atoms with van der Waals surface area (Å²) in [5.41, 5.74) is 0.00815. The van der Waals surface area contributed by atoms with Crippen molar-refractivity contribution >= 4 is 0 Å². The van der Waals surface area contributed by atoms with E-state index >= 15 is 0 Å². The fourth-order valence-corrected chi connectivity index (χ4v) is 2.43. The smallest absolute Gasteiger partial charge is 0.0579 e. The fourth-order valence-electron chi connectivity index (χ4n) is 2.43. The Morgan fingerprint density at radius 3 is 2.67 bits per heavy atom. The van der Waals surface area contributed by atoms with Gasteiger partial charge in [-0.3, -0.25) is 0 Å². The predicted molar refractivity (Wildman–Crippen MR) is 56.8 cm³/mol. The number of nitrogens with zero attached hydrogens (tertiary/aromatic N) is 1. The molecule has 2 fully saturated rings. The summed E-state index contributed by atoms with van der Waals surface area (Å²) in [6, 6.07) is 0. The Balaban J connectivity index is 1.73. The third kappa shape index (κ3) is 2.69. The Bertz CT molecular complexity index is 194. The van der Waals surface area contributed by atoms with Crippen molar-refractivity contribution in [3.8, 4) is 0 Å². The molecule has 1 N–H and O–H groups in total. The minimum Gasteiger partial charge on any atom is -0.396 e. The molecular weight excluding hydrogens is 194 g/mol. The van der Waals surface area contributed by atoms with Crippen molar-refractivity contribution in [1.29, 1.82) is 0 Å². The summed E-state index contributed by atoms with van der Waals surface area (Å²) in [4.78, 5) is 2.30. The molecule has 0 aromatic carbocycles. The zero-order valence-electron chi connectivity index (χ0n) is 9.45. The molecule has 0 spiro atoms. The standard InChI is InChI=1S/C11H21NO3/c1-12(4-10-2-3-14-5-10)6-11(7-13)8-15-9-11/h10,13H,2-9H2,1H3. The van der Waals surface area contributed by atoms with Crippen LogP contribution in [0.3, 0.4) is 0 Å². The van der Waals surface area contributed by atoms with E-state index < -0.39 is 0 Å². The summed E-state index contributed by atoms with van der Waals surface area (Å²) in [5, 5.41) is 9.31. The maximum absolute atomic E-state index is 9.31. The SMILES string of the molecule is CN(CC1CCOC1)CC1(CO)COC1. The van der Waals surface area contributed by atoms with E-state index in [-0.39, 0.29) is 12.0 Å². The molecule has 2 heterocycles. The first-order chi connectivity index (χ1) is 7.24. The van der Waals surface area contributed by atoms with Gasteiger partial charge in [-0.05, 0) is 19.4 Å². The van der Waals surface area contributed by atoms with E-state index in [1.165, 1.54) is 6.42 Å². The van der Waals surface area contributed by atoms with Crippen LogP contribution in [0.4, 0.5) is 0 Å². The second-order valence-electron chi connectivity index (χ2n) is 5.08. The third-order valence-electron chi connectivity index (χ3n) is 3.35. The number of ether oxygens (including phenoxy) is 2.